The van der Waals surface area contributed by atoms with Gasteiger partial charge in [0.25, 0.3) is 0 Å². The smallest absolute Gasteiger partial charge is 0.179 e. The van der Waals surface area contributed by atoms with Gasteiger partial charge in [0.2, 0.25) is 0 Å². The van der Waals surface area contributed by atoms with Crippen LogP contribution >= 0.6 is 11.6 Å². The van der Waals surface area contributed by atoms with Crippen LogP contribution in [0.2, 0.25) is 5.02 Å². The Morgan fingerprint density at radius 3 is 2.48 bits per heavy atom. The van der Waals surface area contributed by atoms with Gasteiger partial charge in [-0.3, -0.25) is 0 Å². The molecule has 0 spiro atoms. The van der Waals surface area contributed by atoms with Crippen molar-refractivity contribution in [1.82, 2.24) is 0 Å². The molecule has 0 saturated carbocycles. The largest absolute Gasteiger partial charge is 0.493 e. The maximum Gasteiger partial charge on any atom is 0.179 e. The summed E-state index contributed by atoms with van der Waals surface area (Å²) in [6, 6.07) is 7.69. The summed E-state index contributed by atoms with van der Waals surface area (Å²) in [7, 11) is 2.94. The molecule has 2 aromatic rings. The van der Waals surface area contributed by atoms with Gasteiger partial charge in [-0.15, -0.1) is 0 Å². The van der Waals surface area contributed by atoms with Gasteiger partial charge in [0.15, 0.2) is 11.5 Å². The molecule has 112 valence electrons. The predicted molar refractivity (Wildman–Crippen MR) is 79.8 cm³/mol. The predicted octanol–water partition coefficient (Wildman–Crippen LogP) is 3.89. The minimum absolute atomic E-state index is 0.193. The number of hydrogen-bond acceptors (Lipinski definition) is 3. The summed E-state index contributed by atoms with van der Waals surface area (Å²) >= 11 is 6.11. The molecule has 0 saturated heterocycles. The molecule has 0 aliphatic rings. The van der Waals surface area contributed by atoms with Crippen LogP contribution < -0.4 is 9.47 Å². The highest BCUT2D eigenvalue weighted by atomic mass is 35.5. The lowest BCUT2D eigenvalue weighted by Gasteiger charge is -2.16. The zero-order chi connectivity index (χ0) is 15.6. The van der Waals surface area contributed by atoms with E-state index in [0.29, 0.717) is 22.1 Å². The molecule has 1 atom stereocenters. The summed E-state index contributed by atoms with van der Waals surface area (Å²) in [4.78, 5) is 0. The van der Waals surface area contributed by atoms with Gasteiger partial charge >= 0.3 is 0 Å². The number of aryl methyl sites for hydroxylation is 1. The Balaban J connectivity index is 2.50. The topological polar surface area (TPSA) is 38.7 Å². The molecule has 2 aromatic carbocycles. The van der Waals surface area contributed by atoms with Crippen LogP contribution in [-0.4, -0.2) is 19.3 Å². The average Bonchev–Trinajstić information content (AvgIpc) is 2.48. The molecule has 0 radical (unpaired) electrons. The lowest BCUT2D eigenvalue weighted by atomic mass is 9.99. The van der Waals surface area contributed by atoms with Crippen LogP contribution in [-0.2, 0) is 0 Å². The fourth-order valence-corrected chi connectivity index (χ4v) is 2.44. The van der Waals surface area contributed by atoms with E-state index in [1.165, 1.54) is 26.4 Å². The maximum absolute atomic E-state index is 13.9. The van der Waals surface area contributed by atoms with E-state index in [2.05, 4.69) is 0 Å². The van der Waals surface area contributed by atoms with Crippen LogP contribution in [0.3, 0.4) is 0 Å². The number of aliphatic hydroxyl groups excluding tert-OH is 1. The van der Waals surface area contributed by atoms with E-state index in [1.807, 2.05) is 6.92 Å². The van der Waals surface area contributed by atoms with Gasteiger partial charge in [0.1, 0.15) is 11.9 Å². The van der Waals surface area contributed by atoms with Gasteiger partial charge < -0.3 is 14.6 Å². The molecular formula is C16H16ClFO3. The van der Waals surface area contributed by atoms with E-state index in [9.17, 15) is 9.50 Å². The van der Waals surface area contributed by atoms with Crippen molar-refractivity contribution in [2.24, 2.45) is 0 Å². The molecule has 2 rings (SSSR count). The van der Waals surface area contributed by atoms with E-state index in [0.717, 1.165) is 5.56 Å². The SMILES string of the molecule is COc1cc(C(O)c2cc(C)ccc2F)cc(Cl)c1OC. The fraction of sp³-hybridized carbons (Fsp3) is 0.250. The Bertz CT molecular complexity index is 658. The molecule has 0 heterocycles. The van der Waals surface area contributed by atoms with E-state index >= 15 is 0 Å². The standard InChI is InChI=1S/C16H16ClFO3/c1-9-4-5-13(18)11(6-9)15(19)10-7-12(17)16(21-3)14(8-10)20-2/h4-8,15,19H,1-3H3. The normalized spacial score (nSPS) is 12.1. The van der Waals surface area contributed by atoms with Crippen molar-refractivity contribution in [2.75, 3.05) is 14.2 Å². The van der Waals surface area contributed by atoms with Crippen LogP contribution in [0, 0.1) is 12.7 Å². The Morgan fingerprint density at radius 2 is 1.86 bits per heavy atom. The van der Waals surface area contributed by atoms with E-state index in [1.54, 1.807) is 18.2 Å². The van der Waals surface area contributed by atoms with Crippen molar-refractivity contribution >= 4 is 11.6 Å². The number of halogens is 2. The maximum atomic E-state index is 13.9. The van der Waals surface area contributed by atoms with Gasteiger partial charge in [-0.1, -0.05) is 29.3 Å². The molecule has 1 N–H and O–H groups in total. The van der Waals surface area contributed by atoms with Crippen LogP contribution in [0.5, 0.6) is 11.5 Å². The second-order valence-electron chi connectivity index (χ2n) is 4.67. The van der Waals surface area contributed by atoms with Crippen molar-refractivity contribution in [2.45, 2.75) is 13.0 Å². The highest BCUT2D eigenvalue weighted by molar-refractivity contribution is 6.32. The van der Waals surface area contributed by atoms with Crippen molar-refractivity contribution < 1.29 is 19.0 Å². The molecule has 0 aromatic heterocycles. The highest BCUT2D eigenvalue weighted by Gasteiger charge is 2.19. The van der Waals surface area contributed by atoms with Crippen LogP contribution in [0.25, 0.3) is 0 Å². The second kappa shape index (κ2) is 6.33. The fourth-order valence-electron chi connectivity index (χ4n) is 2.15. The molecule has 5 heteroatoms. The molecule has 3 nitrogen and oxygen atoms in total. The van der Waals surface area contributed by atoms with Crippen LogP contribution in [0.1, 0.15) is 22.8 Å². The summed E-state index contributed by atoms with van der Waals surface area (Å²) in [5.74, 6) is 0.283. The molecule has 21 heavy (non-hydrogen) atoms. The molecule has 1 unspecified atom stereocenters. The van der Waals surface area contributed by atoms with E-state index < -0.39 is 11.9 Å². The zero-order valence-corrected chi connectivity index (χ0v) is 12.7. The Hall–Kier alpha value is -1.78. The number of ether oxygens (including phenoxy) is 2. The molecule has 0 aliphatic carbocycles. The molecule has 0 amide bonds. The quantitative estimate of drug-likeness (QED) is 0.931. The van der Waals surface area contributed by atoms with Gasteiger partial charge in [-0.2, -0.15) is 0 Å². The first kappa shape index (κ1) is 15.6. The van der Waals surface area contributed by atoms with Gasteiger partial charge in [0.05, 0.1) is 19.2 Å². The summed E-state index contributed by atoms with van der Waals surface area (Å²) < 4.78 is 24.2. The first-order chi connectivity index (χ1) is 9.97. The van der Waals surface area contributed by atoms with Gasteiger partial charge in [-0.05, 0) is 30.7 Å². The number of benzene rings is 2. The van der Waals surface area contributed by atoms with E-state index in [-0.39, 0.29) is 5.56 Å². The van der Waals surface area contributed by atoms with Gasteiger partial charge in [0, 0.05) is 5.56 Å². The van der Waals surface area contributed by atoms with Crippen LogP contribution in [0.15, 0.2) is 30.3 Å². The zero-order valence-electron chi connectivity index (χ0n) is 12.0. The van der Waals surface area contributed by atoms with Crippen LogP contribution in [0.4, 0.5) is 4.39 Å². The molecule has 0 aliphatic heterocycles. The lowest BCUT2D eigenvalue weighted by Crippen LogP contribution is -2.04. The second-order valence-corrected chi connectivity index (χ2v) is 5.07. The third-order valence-electron chi connectivity index (χ3n) is 3.22. The summed E-state index contributed by atoms with van der Waals surface area (Å²) in [6.07, 6.45) is -1.14. The molecule has 0 bridgehead atoms. The Kier molecular flexibility index (Phi) is 4.70. The Morgan fingerprint density at radius 1 is 1.14 bits per heavy atom. The third-order valence-corrected chi connectivity index (χ3v) is 3.50. The van der Waals surface area contributed by atoms with Crippen molar-refractivity contribution in [3.8, 4) is 11.5 Å². The first-order valence-electron chi connectivity index (χ1n) is 6.33. The van der Waals surface area contributed by atoms with Crippen molar-refractivity contribution in [3.63, 3.8) is 0 Å². The summed E-state index contributed by atoms with van der Waals surface area (Å²) in [5, 5.41) is 10.7. The summed E-state index contributed by atoms with van der Waals surface area (Å²) in [6.45, 7) is 1.83. The Labute approximate surface area is 127 Å². The lowest BCUT2D eigenvalue weighted by molar-refractivity contribution is 0.214. The van der Waals surface area contributed by atoms with Gasteiger partial charge in [-0.25, -0.2) is 4.39 Å². The number of methoxy groups -OCH3 is 2. The van der Waals surface area contributed by atoms with E-state index in [4.69, 9.17) is 21.1 Å². The molecular weight excluding hydrogens is 295 g/mol. The first-order valence-corrected chi connectivity index (χ1v) is 6.71. The minimum Gasteiger partial charge on any atom is -0.493 e. The number of rotatable bonds is 4. The minimum atomic E-state index is -1.14. The summed E-state index contributed by atoms with van der Waals surface area (Å²) in [5.41, 5.74) is 1.48. The van der Waals surface area contributed by atoms with Crippen molar-refractivity contribution in [1.29, 1.82) is 0 Å². The number of hydrogen-bond donors (Lipinski definition) is 1. The monoisotopic (exact) mass is 310 g/mol. The highest BCUT2D eigenvalue weighted by Crippen LogP contribution is 2.39. The third kappa shape index (κ3) is 3.12. The number of aliphatic hydroxyl groups is 1. The van der Waals surface area contributed by atoms with Crippen molar-refractivity contribution in [3.05, 3.63) is 57.9 Å². The average molecular weight is 311 g/mol. The molecule has 0 fully saturated rings.